The molecule has 74 valence electrons. The maximum atomic E-state index is 12.7. The lowest BCUT2D eigenvalue weighted by Crippen LogP contribution is -2.04. The molecule has 4 heteroatoms. The SMILES string of the molecule is O=C(c1cc(F)c(F)c(F)c1)C1CC1. The number of carbonyl (C=O) groups is 1. The number of hydrogen-bond acceptors (Lipinski definition) is 1. The highest BCUT2D eigenvalue weighted by atomic mass is 19.2. The molecule has 1 saturated carbocycles. The second-order valence-electron chi connectivity index (χ2n) is 3.39. The molecule has 0 amide bonds. The Hall–Kier alpha value is -1.32. The van der Waals surface area contributed by atoms with E-state index in [2.05, 4.69) is 0 Å². The van der Waals surface area contributed by atoms with Gasteiger partial charge in [0.25, 0.3) is 0 Å². The van der Waals surface area contributed by atoms with Gasteiger partial charge in [-0.2, -0.15) is 0 Å². The molecule has 0 aliphatic heterocycles. The highest BCUT2D eigenvalue weighted by molar-refractivity contribution is 5.99. The Bertz CT molecular complexity index is 373. The maximum Gasteiger partial charge on any atom is 0.194 e. The Balaban J connectivity index is 2.39. The van der Waals surface area contributed by atoms with E-state index in [-0.39, 0.29) is 17.3 Å². The van der Waals surface area contributed by atoms with Gasteiger partial charge in [-0.3, -0.25) is 4.79 Å². The van der Waals surface area contributed by atoms with Gasteiger partial charge in [0, 0.05) is 11.5 Å². The summed E-state index contributed by atoms with van der Waals surface area (Å²) in [6.07, 6.45) is 1.50. The van der Waals surface area contributed by atoms with Gasteiger partial charge in [-0.1, -0.05) is 0 Å². The van der Waals surface area contributed by atoms with Crippen molar-refractivity contribution in [2.75, 3.05) is 0 Å². The zero-order valence-corrected chi connectivity index (χ0v) is 7.19. The molecule has 0 spiro atoms. The lowest BCUT2D eigenvalue weighted by atomic mass is 10.1. The Labute approximate surface area is 78.5 Å². The lowest BCUT2D eigenvalue weighted by molar-refractivity contribution is 0.0966. The molecule has 1 aliphatic rings. The molecule has 2 rings (SSSR count). The molecular formula is C10H7F3O. The van der Waals surface area contributed by atoms with Crippen LogP contribution in [0.3, 0.4) is 0 Å². The molecule has 1 aromatic rings. The fourth-order valence-corrected chi connectivity index (χ4v) is 1.28. The zero-order valence-electron chi connectivity index (χ0n) is 7.19. The lowest BCUT2D eigenvalue weighted by Gasteiger charge is -2.00. The smallest absolute Gasteiger partial charge is 0.194 e. The van der Waals surface area contributed by atoms with Gasteiger partial charge in [-0.25, -0.2) is 13.2 Å². The van der Waals surface area contributed by atoms with E-state index in [1.807, 2.05) is 0 Å². The van der Waals surface area contributed by atoms with Crippen molar-refractivity contribution < 1.29 is 18.0 Å². The molecule has 0 N–H and O–H groups in total. The third-order valence-electron chi connectivity index (χ3n) is 2.22. The van der Waals surface area contributed by atoms with Gasteiger partial charge in [0.05, 0.1) is 0 Å². The number of halogens is 3. The second kappa shape index (κ2) is 3.12. The standard InChI is InChI=1S/C10H7F3O/c11-7-3-6(4-8(12)9(7)13)10(14)5-1-2-5/h3-5H,1-2H2. The van der Waals surface area contributed by atoms with E-state index >= 15 is 0 Å². The summed E-state index contributed by atoms with van der Waals surface area (Å²) in [6.45, 7) is 0. The van der Waals surface area contributed by atoms with Crippen LogP contribution in [0.25, 0.3) is 0 Å². The van der Waals surface area contributed by atoms with E-state index < -0.39 is 17.5 Å². The number of ketones is 1. The molecule has 0 radical (unpaired) electrons. The van der Waals surface area contributed by atoms with Crippen molar-refractivity contribution in [1.82, 2.24) is 0 Å². The van der Waals surface area contributed by atoms with Crippen LogP contribution in [0.4, 0.5) is 13.2 Å². The normalized spacial score (nSPS) is 15.6. The highest BCUT2D eigenvalue weighted by Gasteiger charge is 2.31. The van der Waals surface area contributed by atoms with E-state index in [0.717, 1.165) is 25.0 Å². The summed E-state index contributed by atoms with van der Waals surface area (Å²) in [5.74, 6) is -4.58. The predicted octanol–water partition coefficient (Wildman–Crippen LogP) is 2.70. The Morgan fingerprint density at radius 1 is 1.14 bits per heavy atom. The first-order chi connectivity index (χ1) is 6.59. The molecule has 1 aromatic carbocycles. The monoisotopic (exact) mass is 200 g/mol. The molecule has 0 heterocycles. The molecule has 1 nitrogen and oxygen atoms in total. The number of carbonyl (C=O) groups excluding carboxylic acids is 1. The van der Waals surface area contributed by atoms with Gasteiger partial charge >= 0.3 is 0 Å². The van der Waals surface area contributed by atoms with Crippen molar-refractivity contribution in [1.29, 1.82) is 0 Å². The van der Waals surface area contributed by atoms with Crippen LogP contribution in [-0.4, -0.2) is 5.78 Å². The largest absolute Gasteiger partial charge is 0.294 e. The number of hydrogen-bond donors (Lipinski definition) is 0. The molecule has 0 bridgehead atoms. The minimum absolute atomic E-state index is 0.0797. The van der Waals surface area contributed by atoms with E-state index in [9.17, 15) is 18.0 Å². The molecular weight excluding hydrogens is 193 g/mol. The van der Waals surface area contributed by atoms with E-state index in [1.54, 1.807) is 0 Å². The zero-order chi connectivity index (χ0) is 10.3. The van der Waals surface area contributed by atoms with Crippen LogP contribution in [-0.2, 0) is 0 Å². The second-order valence-corrected chi connectivity index (χ2v) is 3.39. The van der Waals surface area contributed by atoms with Crippen molar-refractivity contribution in [3.05, 3.63) is 35.1 Å². The van der Waals surface area contributed by atoms with Gasteiger partial charge in [0.1, 0.15) is 0 Å². The summed E-state index contributed by atoms with van der Waals surface area (Å²) in [5, 5.41) is 0. The molecule has 0 aromatic heterocycles. The minimum atomic E-state index is -1.53. The molecule has 0 atom stereocenters. The van der Waals surface area contributed by atoms with Gasteiger partial charge in [-0.05, 0) is 25.0 Å². The van der Waals surface area contributed by atoms with E-state index in [0.29, 0.717) is 0 Å². The van der Waals surface area contributed by atoms with E-state index in [4.69, 9.17) is 0 Å². The van der Waals surface area contributed by atoms with Crippen molar-refractivity contribution in [3.63, 3.8) is 0 Å². The van der Waals surface area contributed by atoms with E-state index in [1.165, 1.54) is 0 Å². The summed E-state index contributed by atoms with van der Waals surface area (Å²) >= 11 is 0. The summed E-state index contributed by atoms with van der Waals surface area (Å²) in [7, 11) is 0. The fraction of sp³-hybridized carbons (Fsp3) is 0.300. The van der Waals surface area contributed by atoms with Crippen molar-refractivity contribution >= 4 is 5.78 Å². The van der Waals surface area contributed by atoms with Crippen LogP contribution in [0, 0.1) is 23.4 Å². The molecule has 0 unspecified atom stereocenters. The summed E-state index contributed by atoms with van der Waals surface area (Å²) in [4.78, 5) is 11.4. The number of Topliss-reactive ketones (excluding diaryl/α,β-unsaturated/α-hetero) is 1. The molecule has 0 saturated heterocycles. The topological polar surface area (TPSA) is 17.1 Å². The van der Waals surface area contributed by atoms with Crippen LogP contribution in [0.5, 0.6) is 0 Å². The van der Waals surface area contributed by atoms with Gasteiger partial charge in [0.2, 0.25) is 0 Å². The maximum absolute atomic E-state index is 12.7. The number of benzene rings is 1. The van der Waals surface area contributed by atoms with Crippen molar-refractivity contribution in [2.45, 2.75) is 12.8 Å². The van der Waals surface area contributed by atoms with Crippen LogP contribution in [0.2, 0.25) is 0 Å². The highest BCUT2D eigenvalue weighted by Crippen LogP contribution is 2.33. The average molecular weight is 200 g/mol. The number of rotatable bonds is 2. The van der Waals surface area contributed by atoms with Crippen LogP contribution >= 0.6 is 0 Å². The van der Waals surface area contributed by atoms with Gasteiger partial charge in [-0.15, -0.1) is 0 Å². The van der Waals surface area contributed by atoms with Crippen LogP contribution in [0.1, 0.15) is 23.2 Å². The van der Waals surface area contributed by atoms with Gasteiger partial charge < -0.3 is 0 Å². The average Bonchev–Trinajstić information content (AvgIpc) is 2.95. The van der Waals surface area contributed by atoms with Crippen molar-refractivity contribution in [3.8, 4) is 0 Å². The molecule has 1 fully saturated rings. The third-order valence-corrected chi connectivity index (χ3v) is 2.22. The van der Waals surface area contributed by atoms with Crippen LogP contribution in [0.15, 0.2) is 12.1 Å². The minimum Gasteiger partial charge on any atom is -0.294 e. The Kier molecular flexibility index (Phi) is 2.06. The summed E-state index contributed by atoms with van der Waals surface area (Å²) < 4.78 is 38.0. The fourth-order valence-electron chi connectivity index (χ4n) is 1.28. The third kappa shape index (κ3) is 1.52. The Morgan fingerprint density at radius 3 is 2.07 bits per heavy atom. The van der Waals surface area contributed by atoms with Gasteiger partial charge in [0.15, 0.2) is 23.2 Å². The van der Waals surface area contributed by atoms with Crippen molar-refractivity contribution in [2.24, 2.45) is 5.92 Å². The first kappa shape index (κ1) is 9.24. The van der Waals surface area contributed by atoms with Crippen LogP contribution < -0.4 is 0 Å². The Morgan fingerprint density at radius 2 is 1.64 bits per heavy atom. The summed E-state index contributed by atoms with van der Waals surface area (Å²) in [6, 6.07) is 1.50. The first-order valence-electron chi connectivity index (χ1n) is 4.28. The quantitative estimate of drug-likeness (QED) is 0.529. The predicted molar refractivity (Wildman–Crippen MR) is 43.4 cm³/mol. The summed E-state index contributed by atoms with van der Waals surface area (Å²) in [5.41, 5.74) is -0.0797. The first-order valence-corrected chi connectivity index (χ1v) is 4.28. The molecule has 1 aliphatic carbocycles. The molecule has 14 heavy (non-hydrogen) atoms.